The molecule has 4 nitrogen and oxygen atoms in total. The SMILES string of the molecule is O=C1NC(=Nc2ccc(Cl)cc2)S/C1=C/c1ccccc1O. The zero-order valence-electron chi connectivity index (χ0n) is 11.3. The maximum atomic E-state index is 12.0. The average molecular weight is 331 g/mol. The number of aliphatic imine (C=N–C) groups is 1. The number of aromatic hydroxyl groups is 1. The summed E-state index contributed by atoms with van der Waals surface area (Å²) in [6, 6.07) is 13.9. The second-order valence-electron chi connectivity index (χ2n) is 4.52. The number of phenols is 1. The molecule has 22 heavy (non-hydrogen) atoms. The molecule has 0 unspecified atom stereocenters. The van der Waals surface area contributed by atoms with Gasteiger partial charge in [0.1, 0.15) is 5.75 Å². The number of hydrogen-bond acceptors (Lipinski definition) is 4. The number of para-hydroxylation sites is 1. The Morgan fingerprint density at radius 3 is 2.59 bits per heavy atom. The minimum absolute atomic E-state index is 0.131. The molecule has 0 aromatic heterocycles. The van der Waals surface area contributed by atoms with Gasteiger partial charge in [0.25, 0.3) is 5.91 Å². The lowest BCUT2D eigenvalue weighted by molar-refractivity contribution is -0.115. The van der Waals surface area contributed by atoms with Crippen LogP contribution in [0.1, 0.15) is 5.56 Å². The zero-order chi connectivity index (χ0) is 15.5. The van der Waals surface area contributed by atoms with E-state index in [1.54, 1.807) is 54.6 Å². The summed E-state index contributed by atoms with van der Waals surface area (Å²) in [4.78, 5) is 16.8. The monoisotopic (exact) mass is 330 g/mol. The van der Waals surface area contributed by atoms with Gasteiger partial charge in [0.15, 0.2) is 5.17 Å². The Hall–Kier alpha value is -2.24. The van der Waals surface area contributed by atoms with E-state index in [1.165, 1.54) is 11.8 Å². The van der Waals surface area contributed by atoms with Gasteiger partial charge >= 0.3 is 0 Å². The van der Waals surface area contributed by atoms with Gasteiger partial charge in [0.05, 0.1) is 10.6 Å². The van der Waals surface area contributed by atoms with Gasteiger partial charge in [-0.1, -0.05) is 29.8 Å². The first-order chi connectivity index (χ1) is 10.6. The largest absolute Gasteiger partial charge is 0.507 e. The Bertz CT molecular complexity index is 785. The first-order valence-corrected chi connectivity index (χ1v) is 7.64. The van der Waals surface area contributed by atoms with Gasteiger partial charge in [-0.15, -0.1) is 0 Å². The van der Waals surface area contributed by atoms with E-state index in [1.807, 2.05) is 0 Å². The fourth-order valence-electron chi connectivity index (χ4n) is 1.86. The Balaban J connectivity index is 1.84. The molecule has 1 amide bonds. The predicted molar refractivity (Wildman–Crippen MR) is 90.4 cm³/mol. The first kappa shape index (κ1) is 14.7. The molecule has 1 saturated heterocycles. The summed E-state index contributed by atoms with van der Waals surface area (Å²) in [6.07, 6.45) is 1.64. The second kappa shape index (κ2) is 6.25. The predicted octanol–water partition coefficient (Wildman–Crippen LogP) is 3.94. The van der Waals surface area contributed by atoms with Crippen molar-refractivity contribution in [3.63, 3.8) is 0 Å². The van der Waals surface area contributed by atoms with Crippen LogP contribution in [-0.2, 0) is 4.79 Å². The summed E-state index contributed by atoms with van der Waals surface area (Å²) in [5.74, 6) is -0.104. The molecule has 0 spiro atoms. The number of thioether (sulfide) groups is 1. The number of nitrogens with one attached hydrogen (secondary N) is 1. The number of hydrogen-bond donors (Lipinski definition) is 2. The van der Waals surface area contributed by atoms with Crippen molar-refractivity contribution < 1.29 is 9.90 Å². The Morgan fingerprint density at radius 1 is 1.14 bits per heavy atom. The maximum Gasteiger partial charge on any atom is 0.264 e. The van der Waals surface area contributed by atoms with Gasteiger partial charge < -0.3 is 10.4 Å². The number of nitrogens with zero attached hydrogens (tertiary/aromatic N) is 1. The number of phenolic OH excluding ortho intramolecular Hbond substituents is 1. The van der Waals surface area contributed by atoms with Gasteiger partial charge in [-0.25, -0.2) is 4.99 Å². The zero-order valence-corrected chi connectivity index (χ0v) is 12.9. The van der Waals surface area contributed by atoms with Crippen LogP contribution < -0.4 is 5.32 Å². The third-order valence-electron chi connectivity index (χ3n) is 2.93. The van der Waals surface area contributed by atoms with E-state index in [-0.39, 0.29) is 11.7 Å². The lowest BCUT2D eigenvalue weighted by Crippen LogP contribution is -2.19. The molecule has 2 N–H and O–H groups in total. The number of amidine groups is 1. The van der Waals surface area contributed by atoms with Crippen LogP contribution in [0.15, 0.2) is 58.4 Å². The average Bonchev–Trinajstić information content (AvgIpc) is 2.84. The van der Waals surface area contributed by atoms with Crippen molar-refractivity contribution in [2.75, 3.05) is 0 Å². The molecule has 2 aromatic carbocycles. The molecule has 110 valence electrons. The quantitative estimate of drug-likeness (QED) is 0.820. The minimum atomic E-state index is -0.235. The maximum absolute atomic E-state index is 12.0. The van der Waals surface area contributed by atoms with Gasteiger partial charge in [0, 0.05) is 10.6 Å². The lowest BCUT2D eigenvalue weighted by Gasteiger charge is -1.98. The molecular formula is C16H11ClN2O2S. The molecule has 1 aliphatic rings. The van der Waals surface area contributed by atoms with Crippen molar-refractivity contribution >= 4 is 46.2 Å². The molecule has 0 radical (unpaired) electrons. The standard InChI is InChI=1S/C16H11ClN2O2S/c17-11-5-7-12(8-6-11)18-16-19-15(21)14(22-16)9-10-3-1-2-4-13(10)20/h1-9,20H,(H,18,19,21)/b14-9+. The van der Waals surface area contributed by atoms with Crippen molar-refractivity contribution in [1.82, 2.24) is 5.32 Å². The van der Waals surface area contributed by atoms with Crippen LogP contribution in [0, 0.1) is 0 Å². The molecule has 0 saturated carbocycles. The summed E-state index contributed by atoms with van der Waals surface area (Å²) in [6.45, 7) is 0. The topological polar surface area (TPSA) is 61.7 Å². The van der Waals surface area contributed by atoms with Gasteiger partial charge in [-0.2, -0.15) is 0 Å². The van der Waals surface area contributed by atoms with Crippen molar-refractivity contribution in [2.24, 2.45) is 4.99 Å². The summed E-state index contributed by atoms with van der Waals surface area (Å²) in [7, 11) is 0. The summed E-state index contributed by atoms with van der Waals surface area (Å²) >= 11 is 7.05. The highest BCUT2D eigenvalue weighted by Crippen LogP contribution is 2.30. The first-order valence-electron chi connectivity index (χ1n) is 6.45. The fraction of sp³-hybridized carbons (Fsp3) is 0. The van der Waals surface area contributed by atoms with Crippen molar-refractivity contribution in [2.45, 2.75) is 0 Å². The third kappa shape index (κ3) is 3.32. The van der Waals surface area contributed by atoms with Crippen LogP contribution in [0.3, 0.4) is 0 Å². The highest BCUT2D eigenvalue weighted by Gasteiger charge is 2.24. The second-order valence-corrected chi connectivity index (χ2v) is 5.98. The van der Waals surface area contributed by atoms with Crippen LogP contribution in [0.25, 0.3) is 6.08 Å². The highest BCUT2D eigenvalue weighted by atomic mass is 35.5. The number of amides is 1. The van der Waals surface area contributed by atoms with Gasteiger partial charge in [-0.05, 0) is 48.2 Å². The number of benzene rings is 2. The summed E-state index contributed by atoms with van der Waals surface area (Å²) in [5, 5.41) is 13.6. The minimum Gasteiger partial charge on any atom is -0.507 e. The van der Waals surface area contributed by atoms with E-state index in [4.69, 9.17) is 11.6 Å². The molecule has 2 aromatic rings. The van der Waals surface area contributed by atoms with Crippen LogP contribution >= 0.6 is 23.4 Å². The summed E-state index contributed by atoms with van der Waals surface area (Å²) < 4.78 is 0. The molecule has 1 fully saturated rings. The van der Waals surface area contributed by atoms with E-state index in [0.29, 0.717) is 26.3 Å². The van der Waals surface area contributed by atoms with Crippen molar-refractivity contribution in [3.8, 4) is 5.75 Å². The van der Waals surface area contributed by atoms with Gasteiger partial charge in [-0.3, -0.25) is 4.79 Å². The molecule has 1 heterocycles. The lowest BCUT2D eigenvalue weighted by atomic mass is 10.2. The van der Waals surface area contributed by atoms with E-state index in [9.17, 15) is 9.90 Å². The molecule has 6 heteroatoms. The molecule has 3 rings (SSSR count). The molecule has 0 atom stereocenters. The molecule has 1 aliphatic heterocycles. The number of carbonyl (C=O) groups is 1. The molecule has 0 bridgehead atoms. The normalized spacial score (nSPS) is 18.0. The van der Waals surface area contributed by atoms with Crippen molar-refractivity contribution in [3.05, 3.63) is 64.0 Å². The van der Waals surface area contributed by atoms with Crippen LogP contribution in [0.2, 0.25) is 5.02 Å². The Labute approximate surface area is 136 Å². The van der Waals surface area contributed by atoms with E-state index in [2.05, 4.69) is 10.3 Å². The third-order valence-corrected chi connectivity index (χ3v) is 4.09. The van der Waals surface area contributed by atoms with E-state index < -0.39 is 0 Å². The molecule has 0 aliphatic carbocycles. The van der Waals surface area contributed by atoms with Gasteiger partial charge in [0.2, 0.25) is 0 Å². The van der Waals surface area contributed by atoms with Crippen LogP contribution in [0.5, 0.6) is 5.75 Å². The van der Waals surface area contributed by atoms with E-state index in [0.717, 1.165) is 0 Å². The number of halogens is 1. The molecular weight excluding hydrogens is 320 g/mol. The number of rotatable bonds is 2. The smallest absolute Gasteiger partial charge is 0.264 e. The van der Waals surface area contributed by atoms with Crippen LogP contribution in [0.4, 0.5) is 5.69 Å². The number of carbonyl (C=O) groups excluding carboxylic acids is 1. The van der Waals surface area contributed by atoms with Crippen molar-refractivity contribution in [1.29, 1.82) is 0 Å². The van der Waals surface area contributed by atoms with E-state index >= 15 is 0 Å². The van der Waals surface area contributed by atoms with Crippen LogP contribution in [-0.4, -0.2) is 16.2 Å². The fourth-order valence-corrected chi connectivity index (χ4v) is 2.82. The highest BCUT2D eigenvalue weighted by molar-refractivity contribution is 8.18. The summed E-state index contributed by atoms with van der Waals surface area (Å²) in [5.41, 5.74) is 1.30. The Kier molecular flexibility index (Phi) is 4.18. The Morgan fingerprint density at radius 2 is 1.86 bits per heavy atom.